The van der Waals surface area contributed by atoms with Gasteiger partial charge in [0.2, 0.25) is 5.91 Å². The van der Waals surface area contributed by atoms with Crippen molar-refractivity contribution in [3.8, 4) is 0 Å². The Labute approximate surface area is 182 Å². The van der Waals surface area contributed by atoms with Crippen molar-refractivity contribution in [2.24, 2.45) is 17.1 Å². The summed E-state index contributed by atoms with van der Waals surface area (Å²) >= 11 is 0. The molecule has 3 rings (SSSR count). The molecule has 1 aliphatic rings. The van der Waals surface area contributed by atoms with Crippen LogP contribution in [0.25, 0.3) is 11.1 Å². The first-order chi connectivity index (χ1) is 14.7. The number of hydrogen-bond acceptors (Lipinski definition) is 6. The first kappa shape index (κ1) is 22.8. The van der Waals surface area contributed by atoms with Gasteiger partial charge in [-0.1, -0.05) is 38.3 Å². The molecule has 2 unspecified atom stereocenters. The fourth-order valence-corrected chi connectivity index (χ4v) is 5.12. The second kappa shape index (κ2) is 8.69. The van der Waals surface area contributed by atoms with E-state index < -0.39 is 22.9 Å². The molecule has 0 saturated heterocycles. The molecule has 31 heavy (non-hydrogen) atoms. The molecular formula is C23H31N3O5. The van der Waals surface area contributed by atoms with E-state index >= 15 is 0 Å². The summed E-state index contributed by atoms with van der Waals surface area (Å²) in [4.78, 5) is 45.5. The lowest BCUT2D eigenvalue weighted by Crippen LogP contribution is -2.64. The van der Waals surface area contributed by atoms with Gasteiger partial charge in [0.25, 0.3) is 11.7 Å². The minimum atomic E-state index is -1.84. The van der Waals surface area contributed by atoms with Crippen LogP contribution in [0.3, 0.4) is 0 Å². The molecule has 0 bridgehead atoms. The highest BCUT2D eigenvalue weighted by atomic mass is 16.6. The summed E-state index contributed by atoms with van der Waals surface area (Å²) in [6, 6.07) is 6.99. The molecule has 8 nitrogen and oxygen atoms in total. The highest BCUT2D eigenvalue weighted by Crippen LogP contribution is 2.51. The highest BCUT2D eigenvalue weighted by molar-refractivity contribution is 6.06. The van der Waals surface area contributed by atoms with Crippen molar-refractivity contribution in [3.63, 3.8) is 0 Å². The Hall–Kier alpha value is -2.90. The lowest BCUT2D eigenvalue weighted by atomic mass is 9.57. The predicted octanol–water partition coefficient (Wildman–Crippen LogP) is 3.93. The molecule has 2 N–H and O–H groups in total. The number of benzene rings is 1. The SMILES string of the molecule is CCC(OC(N)=O)(C(=O)c1nc2ccccc2o1)C(C)(C(=O)N(C)C)C1CCCCC1. The standard InChI is InChI=1S/C23H31N3O5/c1-5-23(31-21(24)29,18(27)19-25-16-13-9-10-14-17(16)30-19)22(2,20(28)26(3)4)15-11-7-6-8-12-15/h9-10,13-15H,5-8,11-12H2,1-4H3,(H2,24,29). The summed E-state index contributed by atoms with van der Waals surface area (Å²) in [6.07, 6.45) is 3.39. The number of nitrogens with zero attached hydrogens (tertiary/aromatic N) is 2. The Morgan fingerprint density at radius 3 is 2.39 bits per heavy atom. The molecule has 1 aliphatic carbocycles. The molecule has 1 fully saturated rings. The first-order valence-electron chi connectivity index (χ1n) is 10.8. The largest absolute Gasteiger partial charge is 0.434 e. The maximum atomic E-state index is 14.0. The van der Waals surface area contributed by atoms with E-state index in [4.69, 9.17) is 14.9 Å². The smallest absolute Gasteiger partial charge is 0.405 e. The minimum Gasteiger partial charge on any atom is -0.434 e. The van der Waals surface area contributed by atoms with E-state index in [0.717, 1.165) is 32.1 Å². The average Bonchev–Trinajstić information content (AvgIpc) is 3.20. The molecule has 1 aromatic carbocycles. The van der Waals surface area contributed by atoms with Crippen molar-refractivity contribution < 1.29 is 23.5 Å². The minimum absolute atomic E-state index is 0.0556. The van der Waals surface area contributed by atoms with Gasteiger partial charge < -0.3 is 19.8 Å². The van der Waals surface area contributed by atoms with E-state index in [-0.39, 0.29) is 24.1 Å². The molecule has 0 aliphatic heterocycles. The lowest BCUT2D eigenvalue weighted by Gasteiger charge is -2.50. The van der Waals surface area contributed by atoms with E-state index in [9.17, 15) is 14.4 Å². The monoisotopic (exact) mass is 429 g/mol. The zero-order valence-corrected chi connectivity index (χ0v) is 18.6. The quantitative estimate of drug-likeness (QED) is 0.667. The number of Topliss-reactive ketones (excluding diaryl/α,β-unsaturated/α-hetero) is 1. The Morgan fingerprint density at radius 1 is 1.19 bits per heavy atom. The molecule has 1 aromatic heterocycles. The number of ether oxygens (including phenoxy) is 1. The van der Waals surface area contributed by atoms with E-state index in [1.54, 1.807) is 52.2 Å². The third-order valence-corrected chi connectivity index (χ3v) is 6.74. The molecule has 1 saturated carbocycles. The lowest BCUT2D eigenvalue weighted by molar-refractivity contribution is -0.161. The third kappa shape index (κ3) is 3.79. The number of nitrogens with two attached hydrogens (primary N) is 1. The van der Waals surface area contributed by atoms with Gasteiger partial charge in [-0.05, 0) is 44.2 Å². The molecule has 1 heterocycles. The van der Waals surface area contributed by atoms with E-state index in [2.05, 4.69) is 4.98 Å². The molecule has 168 valence electrons. The number of primary amides is 1. The van der Waals surface area contributed by atoms with Gasteiger partial charge in [-0.25, -0.2) is 9.78 Å². The summed E-state index contributed by atoms with van der Waals surface area (Å²) in [5.41, 5.74) is 3.23. The number of hydrogen-bond donors (Lipinski definition) is 1. The van der Waals surface area contributed by atoms with Crippen LogP contribution in [0.2, 0.25) is 0 Å². The third-order valence-electron chi connectivity index (χ3n) is 6.74. The van der Waals surface area contributed by atoms with E-state index in [1.165, 1.54) is 4.90 Å². The van der Waals surface area contributed by atoms with Crippen LogP contribution >= 0.6 is 0 Å². The number of carbonyl (C=O) groups excluding carboxylic acids is 3. The second-order valence-electron chi connectivity index (χ2n) is 8.65. The molecule has 8 heteroatoms. The summed E-state index contributed by atoms with van der Waals surface area (Å²) in [5.74, 6) is -1.29. The van der Waals surface area contributed by atoms with Crippen molar-refractivity contribution in [2.75, 3.05) is 14.1 Å². The number of amides is 2. The van der Waals surface area contributed by atoms with Crippen LogP contribution in [0.4, 0.5) is 4.79 Å². The second-order valence-corrected chi connectivity index (χ2v) is 8.65. The van der Waals surface area contributed by atoms with Gasteiger partial charge in [0.15, 0.2) is 11.2 Å². The van der Waals surface area contributed by atoms with Gasteiger partial charge in [0.1, 0.15) is 5.52 Å². The normalized spacial score (nSPS) is 18.7. The van der Waals surface area contributed by atoms with Crippen molar-refractivity contribution in [2.45, 2.75) is 58.0 Å². The maximum absolute atomic E-state index is 14.0. The van der Waals surface area contributed by atoms with Crippen LogP contribution in [0, 0.1) is 11.3 Å². The zero-order chi connectivity index (χ0) is 22.8. The number of para-hydroxylation sites is 2. The van der Waals surface area contributed by atoms with Crippen molar-refractivity contribution in [1.29, 1.82) is 0 Å². The Morgan fingerprint density at radius 2 is 1.84 bits per heavy atom. The fraction of sp³-hybridized carbons (Fsp3) is 0.565. The molecule has 0 radical (unpaired) electrons. The summed E-state index contributed by atoms with van der Waals surface area (Å²) in [5, 5.41) is 0. The molecular weight excluding hydrogens is 398 g/mol. The Kier molecular flexibility index (Phi) is 6.38. The number of ketones is 1. The summed E-state index contributed by atoms with van der Waals surface area (Å²) in [7, 11) is 3.27. The number of carbonyl (C=O) groups is 3. The zero-order valence-electron chi connectivity index (χ0n) is 18.6. The highest BCUT2D eigenvalue weighted by Gasteiger charge is 2.64. The average molecular weight is 430 g/mol. The van der Waals surface area contributed by atoms with Crippen molar-refractivity contribution >= 4 is 28.9 Å². The maximum Gasteiger partial charge on any atom is 0.405 e. The van der Waals surface area contributed by atoms with Gasteiger partial charge in [0.05, 0.1) is 5.41 Å². The van der Waals surface area contributed by atoms with Crippen LogP contribution in [-0.2, 0) is 9.53 Å². The summed E-state index contributed by atoms with van der Waals surface area (Å²) < 4.78 is 11.4. The number of oxazole rings is 1. The Bertz CT molecular complexity index is 946. The van der Waals surface area contributed by atoms with Gasteiger partial charge in [0, 0.05) is 14.1 Å². The van der Waals surface area contributed by atoms with Gasteiger partial charge in [-0.3, -0.25) is 9.59 Å². The molecule has 0 spiro atoms. The number of aromatic nitrogens is 1. The van der Waals surface area contributed by atoms with Crippen molar-refractivity contribution in [3.05, 3.63) is 30.2 Å². The number of rotatable bonds is 7. The number of fused-ring (bicyclic) bond motifs is 1. The topological polar surface area (TPSA) is 116 Å². The first-order valence-corrected chi connectivity index (χ1v) is 10.8. The van der Waals surface area contributed by atoms with Gasteiger partial charge in [-0.15, -0.1) is 0 Å². The van der Waals surface area contributed by atoms with E-state index in [1.807, 2.05) is 0 Å². The predicted molar refractivity (Wildman–Crippen MR) is 115 cm³/mol. The molecule has 2 atom stereocenters. The van der Waals surface area contributed by atoms with Crippen LogP contribution in [0.5, 0.6) is 0 Å². The summed E-state index contributed by atoms with van der Waals surface area (Å²) in [6.45, 7) is 3.44. The molecule has 2 amide bonds. The van der Waals surface area contributed by atoms with Gasteiger partial charge >= 0.3 is 6.09 Å². The van der Waals surface area contributed by atoms with Crippen LogP contribution in [0.15, 0.2) is 28.7 Å². The van der Waals surface area contributed by atoms with Crippen LogP contribution in [0.1, 0.15) is 63.1 Å². The van der Waals surface area contributed by atoms with Crippen LogP contribution in [-0.4, -0.2) is 47.4 Å². The fourth-order valence-electron chi connectivity index (χ4n) is 5.12. The van der Waals surface area contributed by atoms with Crippen molar-refractivity contribution in [1.82, 2.24) is 9.88 Å². The van der Waals surface area contributed by atoms with Crippen LogP contribution < -0.4 is 5.73 Å². The van der Waals surface area contributed by atoms with E-state index in [0.29, 0.717) is 11.1 Å². The Balaban J connectivity index is 2.22. The molecule has 2 aromatic rings. The van der Waals surface area contributed by atoms with Gasteiger partial charge in [-0.2, -0.15) is 0 Å².